The lowest BCUT2D eigenvalue weighted by Crippen LogP contribution is -2.26. The first-order valence-electron chi connectivity index (χ1n) is 7.12. The molecule has 1 atom stereocenters. The fourth-order valence-corrected chi connectivity index (χ4v) is 3.97. The first-order valence-corrected chi connectivity index (χ1v) is 8.67. The summed E-state index contributed by atoms with van der Waals surface area (Å²) in [5.74, 6) is 0.657. The number of nitrogens with zero attached hydrogens (tertiary/aromatic N) is 2. The van der Waals surface area contributed by atoms with Crippen molar-refractivity contribution in [3.8, 4) is 0 Å². The van der Waals surface area contributed by atoms with Gasteiger partial charge in [-0.2, -0.15) is 0 Å². The van der Waals surface area contributed by atoms with Crippen LogP contribution in [0.25, 0.3) is 0 Å². The van der Waals surface area contributed by atoms with Crippen molar-refractivity contribution in [2.75, 3.05) is 0 Å². The first-order chi connectivity index (χ1) is 9.38. The zero-order valence-electron chi connectivity index (χ0n) is 11.7. The molecule has 7 heteroatoms. The van der Waals surface area contributed by atoms with Gasteiger partial charge in [0.1, 0.15) is 5.82 Å². The van der Waals surface area contributed by atoms with E-state index in [4.69, 9.17) is 9.88 Å². The number of hydrogen-bond donors (Lipinski definition) is 1. The van der Waals surface area contributed by atoms with Crippen molar-refractivity contribution in [1.29, 1.82) is 0 Å². The molecule has 1 unspecified atom stereocenters. The van der Waals surface area contributed by atoms with E-state index in [2.05, 4.69) is 4.98 Å². The van der Waals surface area contributed by atoms with Crippen molar-refractivity contribution in [3.63, 3.8) is 0 Å². The molecule has 0 amide bonds. The molecular formula is C13H21N3O3S. The molecule has 1 aliphatic carbocycles. The Hall–Kier alpha value is -0.920. The quantitative estimate of drug-likeness (QED) is 0.912. The standard InChI is InChI=1S/C13H21N3O3S/c1-10-15-12(20(14,17)18)9-16(10)8-11-4-7-13(19-11)5-2-3-6-13/h9,11H,2-8H2,1H3,(H2,14,17,18). The summed E-state index contributed by atoms with van der Waals surface area (Å²) in [6, 6.07) is 0. The van der Waals surface area contributed by atoms with Gasteiger partial charge in [-0.1, -0.05) is 12.8 Å². The van der Waals surface area contributed by atoms with Gasteiger partial charge in [-0.15, -0.1) is 0 Å². The average molecular weight is 299 g/mol. The van der Waals surface area contributed by atoms with Crippen LogP contribution in [0.1, 0.15) is 44.3 Å². The summed E-state index contributed by atoms with van der Waals surface area (Å²) < 4.78 is 30.7. The fourth-order valence-electron chi connectivity index (χ4n) is 3.43. The number of nitrogens with two attached hydrogens (primary N) is 1. The van der Waals surface area contributed by atoms with Crippen LogP contribution < -0.4 is 5.14 Å². The van der Waals surface area contributed by atoms with Crippen molar-refractivity contribution >= 4 is 10.0 Å². The van der Waals surface area contributed by atoms with E-state index in [0.29, 0.717) is 12.4 Å². The molecule has 0 aromatic carbocycles. The summed E-state index contributed by atoms with van der Waals surface area (Å²) in [6.07, 6.45) is 8.64. The second-order valence-corrected chi connectivity index (χ2v) is 7.50. The van der Waals surface area contributed by atoms with Crippen molar-refractivity contribution in [3.05, 3.63) is 12.0 Å². The van der Waals surface area contributed by atoms with Crippen molar-refractivity contribution in [2.45, 2.75) is 68.7 Å². The van der Waals surface area contributed by atoms with Gasteiger partial charge in [0.05, 0.1) is 18.2 Å². The van der Waals surface area contributed by atoms with E-state index in [1.807, 2.05) is 4.57 Å². The van der Waals surface area contributed by atoms with Crippen LogP contribution in [0.2, 0.25) is 0 Å². The third-order valence-corrected chi connectivity index (χ3v) is 5.28. The Bertz CT molecular complexity index is 602. The molecule has 3 rings (SSSR count). The van der Waals surface area contributed by atoms with Crippen LogP contribution in [0.3, 0.4) is 0 Å². The summed E-state index contributed by atoms with van der Waals surface area (Å²) in [7, 11) is -3.73. The number of primary sulfonamides is 1. The van der Waals surface area contributed by atoms with Gasteiger partial charge in [0.25, 0.3) is 10.0 Å². The van der Waals surface area contributed by atoms with Gasteiger partial charge in [-0.25, -0.2) is 18.5 Å². The van der Waals surface area contributed by atoms with Gasteiger partial charge in [0.2, 0.25) is 0 Å². The van der Waals surface area contributed by atoms with E-state index < -0.39 is 10.0 Å². The first kappa shape index (κ1) is 14.0. The van der Waals surface area contributed by atoms with E-state index in [1.54, 1.807) is 6.92 Å². The molecule has 20 heavy (non-hydrogen) atoms. The predicted octanol–water partition coefficient (Wildman–Crippen LogP) is 1.33. The van der Waals surface area contributed by atoms with Crippen LogP contribution >= 0.6 is 0 Å². The highest BCUT2D eigenvalue weighted by atomic mass is 32.2. The molecule has 0 bridgehead atoms. The molecule has 112 valence electrons. The Balaban J connectivity index is 1.71. The number of rotatable bonds is 3. The maximum absolute atomic E-state index is 11.3. The minimum absolute atomic E-state index is 0.0661. The zero-order valence-corrected chi connectivity index (χ0v) is 12.5. The Morgan fingerprint density at radius 2 is 2.15 bits per heavy atom. The molecule has 1 aromatic rings. The van der Waals surface area contributed by atoms with E-state index in [9.17, 15) is 8.42 Å². The van der Waals surface area contributed by atoms with Crippen LogP contribution in [0.15, 0.2) is 11.2 Å². The molecule has 1 aromatic heterocycles. The van der Waals surface area contributed by atoms with Crippen LogP contribution in [-0.2, 0) is 21.3 Å². The molecule has 1 spiro atoms. The number of imidazole rings is 1. The Morgan fingerprint density at radius 1 is 1.45 bits per heavy atom. The second kappa shape index (κ2) is 4.82. The lowest BCUT2D eigenvalue weighted by Gasteiger charge is -2.24. The smallest absolute Gasteiger partial charge is 0.257 e. The van der Waals surface area contributed by atoms with Crippen LogP contribution in [0.5, 0.6) is 0 Å². The topological polar surface area (TPSA) is 87.2 Å². The van der Waals surface area contributed by atoms with Crippen LogP contribution in [0.4, 0.5) is 0 Å². The number of aromatic nitrogens is 2. The van der Waals surface area contributed by atoms with Gasteiger partial charge in [0.15, 0.2) is 5.03 Å². The number of hydrogen-bond acceptors (Lipinski definition) is 4. The Morgan fingerprint density at radius 3 is 2.75 bits per heavy atom. The SMILES string of the molecule is Cc1nc(S(N)(=O)=O)cn1CC1CCC2(CCCC2)O1. The molecular weight excluding hydrogens is 278 g/mol. The highest BCUT2D eigenvalue weighted by molar-refractivity contribution is 7.89. The molecule has 2 aliphatic rings. The average Bonchev–Trinajstić information content (AvgIpc) is 3.04. The predicted molar refractivity (Wildman–Crippen MR) is 73.6 cm³/mol. The maximum Gasteiger partial charge on any atom is 0.257 e. The number of ether oxygens (including phenoxy) is 1. The van der Waals surface area contributed by atoms with Crippen molar-refractivity contribution in [1.82, 2.24) is 9.55 Å². The largest absolute Gasteiger partial charge is 0.370 e. The number of aryl methyl sites for hydroxylation is 1. The zero-order chi connectivity index (χ0) is 14.4. The molecule has 0 radical (unpaired) electrons. The van der Waals surface area contributed by atoms with Gasteiger partial charge < -0.3 is 9.30 Å². The third-order valence-electron chi connectivity index (χ3n) is 4.50. The van der Waals surface area contributed by atoms with Gasteiger partial charge in [-0.05, 0) is 32.6 Å². The van der Waals surface area contributed by atoms with E-state index in [-0.39, 0.29) is 16.7 Å². The molecule has 1 aliphatic heterocycles. The summed E-state index contributed by atoms with van der Waals surface area (Å²) in [5.41, 5.74) is 0.0991. The third kappa shape index (κ3) is 2.62. The highest BCUT2D eigenvalue weighted by Gasteiger charge is 2.42. The minimum Gasteiger partial charge on any atom is -0.370 e. The maximum atomic E-state index is 11.3. The summed E-state index contributed by atoms with van der Waals surface area (Å²) in [4.78, 5) is 4.01. The Kier molecular flexibility index (Phi) is 3.38. The van der Waals surface area contributed by atoms with Gasteiger partial charge >= 0.3 is 0 Å². The highest BCUT2D eigenvalue weighted by Crippen LogP contribution is 2.43. The normalized spacial score (nSPS) is 25.6. The van der Waals surface area contributed by atoms with E-state index >= 15 is 0 Å². The van der Waals surface area contributed by atoms with E-state index in [0.717, 1.165) is 25.7 Å². The lowest BCUT2D eigenvalue weighted by molar-refractivity contribution is -0.0420. The lowest BCUT2D eigenvalue weighted by atomic mass is 9.98. The molecule has 1 saturated heterocycles. The fraction of sp³-hybridized carbons (Fsp3) is 0.769. The summed E-state index contributed by atoms with van der Waals surface area (Å²) in [6.45, 7) is 2.44. The van der Waals surface area contributed by atoms with Crippen molar-refractivity contribution < 1.29 is 13.2 Å². The summed E-state index contributed by atoms with van der Waals surface area (Å²) >= 11 is 0. The molecule has 2 fully saturated rings. The Labute approximate surface area is 119 Å². The molecule has 2 N–H and O–H groups in total. The van der Waals surface area contributed by atoms with Crippen LogP contribution in [-0.4, -0.2) is 29.7 Å². The molecule has 1 saturated carbocycles. The minimum atomic E-state index is -3.73. The van der Waals surface area contributed by atoms with Crippen molar-refractivity contribution in [2.24, 2.45) is 5.14 Å². The van der Waals surface area contributed by atoms with Crippen LogP contribution in [0, 0.1) is 6.92 Å². The summed E-state index contributed by atoms with van der Waals surface area (Å²) in [5, 5.41) is 5.04. The van der Waals surface area contributed by atoms with Gasteiger partial charge in [0, 0.05) is 6.20 Å². The second-order valence-electron chi connectivity index (χ2n) is 5.99. The van der Waals surface area contributed by atoms with E-state index in [1.165, 1.54) is 19.0 Å². The monoisotopic (exact) mass is 299 g/mol. The van der Waals surface area contributed by atoms with Gasteiger partial charge in [-0.3, -0.25) is 0 Å². The number of sulfonamides is 1. The molecule has 2 heterocycles. The molecule has 6 nitrogen and oxygen atoms in total.